The molecule has 1 aliphatic rings. The molecule has 19 heavy (non-hydrogen) atoms. The summed E-state index contributed by atoms with van der Waals surface area (Å²) in [5.41, 5.74) is 1.80. The third-order valence-corrected chi connectivity index (χ3v) is 3.12. The van der Waals surface area contributed by atoms with E-state index < -0.39 is 0 Å². The van der Waals surface area contributed by atoms with Gasteiger partial charge < -0.3 is 9.47 Å². The van der Waals surface area contributed by atoms with E-state index in [1.54, 1.807) is 13.2 Å². The van der Waals surface area contributed by atoms with Crippen LogP contribution in [-0.2, 0) is 0 Å². The molecule has 0 N–H and O–H groups in total. The van der Waals surface area contributed by atoms with Crippen molar-refractivity contribution in [3.8, 4) is 11.5 Å². The molecule has 0 aromatic heterocycles. The van der Waals surface area contributed by atoms with Crippen molar-refractivity contribution in [3.05, 3.63) is 65.5 Å². The highest BCUT2D eigenvalue weighted by atomic mass is 19.1. The van der Waals surface area contributed by atoms with Crippen molar-refractivity contribution >= 4 is 6.08 Å². The second kappa shape index (κ2) is 4.76. The van der Waals surface area contributed by atoms with Gasteiger partial charge in [-0.25, -0.2) is 4.39 Å². The Morgan fingerprint density at radius 3 is 2.63 bits per heavy atom. The van der Waals surface area contributed by atoms with Crippen LogP contribution in [0.1, 0.15) is 17.2 Å². The molecule has 2 aromatic rings. The van der Waals surface area contributed by atoms with Gasteiger partial charge in [0.25, 0.3) is 0 Å². The van der Waals surface area contributed by atoms with Gasteiger partial charge in [-0.2, -0.15) is 0 Å². The van der Waals surface area contributed by atoms with E-state index in [0.29, 0.717) is 5.75 Å². The highest BCUT2D eigenvalue weighted by Crippen LogP contribution is 2.33. The predicted octanol–water partition coefficient (Wildman–Crippen LogP) is 3.98. The van der Waals surface area contributed by atoms with Gasteiger partial charge in [0.05, 0.1) is 7.11 Å². The molecule has 0 saturated carbocycles. The Hall–Kier alpha value is -2.29. The van der Waals surface area contributed by atoms with Crippen LogP contribution in [0.2, 0.25) is 0 Å². The summed E-state index contributed by atoms with van der Waals surface area (Å²) in [6, 6.07) is 12.2. The first-order valence-corrected chi connectivity index (χ1v) is 6.04. The Morgan fingerprint density at radius 1 is 1.11 bits per heavy atom. The smallest absolute Gasteiger partial charge is 0.142 e. The average molecular weight is 256 g/mol. The molecule has 2 aromatic carbocycles. The third kappa shape index (κ3) is 2.32. The van der Waals surface area contributed by atoms with Gasteiger partial charge in [0.15, 0.2) is 0 Å². The number of rotatable bonds is 2. The van der Waals surface area contributed by atoms with Crippen LogP contribution in [-0.4, -0.2) is 7.11 Å². The second-order valence-corrected chi connectivity index (χ2v) is 4.35. The van der Waals surface area contributed by atoms with Gasteiger partial charge >= 0.3 is 0 Å². The van der Waals surface area contributed by atoms with Gasteiger partial charge in [-0.1, -0.05) is 18.2 Å². The fourth-order valence-corrected chi connectivity index (χ4v) is 2.10. The fraction of sp³-hybridized carbons (Fsp3) is 0.125. The summed E-state index contributed by atoms with van der Waals surface area (Å²) < 4.78 is 24.1. The molecule has 0 spiro atoms. The number of ether oxygens (including phenoxy) is 2. The molecule has 3 rings (SSSR count). The second-order valence-electron chi connectivity index (χ2n) is 4.35. The lowest BCUT2D eigenvalue weighted by Crippen LogP contribution is -2.08. The SMILES string of the molecule is COc1ccc([C@H]2C=Cc3cc(F)ccc3O2)cc1. The van der Waals surface area contributed by atoms with Crippen LogP contribution in [0.3, 0.4) is 0 Å². The Kier molecular flexibility index (Phi) is 2.95. The molecular weight excluding hydrogens is 243 g/mol. The van der Waals surface area contributed by atoms with Crippen molar-refractivity contribution < 1.29 is 13.9 Å². The zero-order valence-corrected chi connectivity index (χ0v) is 10.5. The van der Waals surface area contributed by atoms with Crippen molar-refractivity contribution in [1.82, 2.24) is 0 Å². The van der Waals surface area contributed by atoms with Crippen molar-refractivity contribution in [2.24, 2.45) is 0 Å². The highest BCUT2D eigenvalue weighted by Gasteiger charge is 2.16. The van der Waals surface area contributed by atoms with Crippen LogP contribution in [0.15, 0.2) is 48.5 Å². The maximum absolute atomic E-state index is 13.1. The van der Waals surface area contributed by atoms with E-state index in [9.17, 15) is 4.39 Å². The molecule has 1 aliphatic heterocycles. The van der Waals surface area contributed by atoms with Crippen LogP contribution >= 0.6 is 0 Å². The molecule has 96 valence electrons. The molecule has 0 radical (unpaired) electrons. The lowest BCUT2D eigenvalue weighted by Gasteiger charge is -2.22. The topological polar surface area (TPSA) is 18.5 Å². The minimum Gasteiger partial charge on any atom is -0.497 e. The molecule has 0 saturated heterocycles. The van der Waals surface area contributed by atoms with Crippen LogP contribution in [0.4, 0.5) is 4.39 Å². The van der Waals surface area contributed by atoms with Crippen LogP contribution < -0.4 is 9.47 Å². The Morgan fingerprint density at radius 2 is 1.89 bits per heavy atom. The summed E-state index contributed by atoms with van der Waals surface area (Å²) in [5.74, 6) is 1.26. The van der Waals surface area contributed by atoms with Gasteiger partial charge in [-0.15, -0.1) is 0 Å². The Labute approximate surface area is 111 Å². The molecular formula is C16H13FO2. The molecule has 0 unspecified atom stereocenters. The first-order chi connectivity index (χ1) is 9.26. The molecule has 1 atom stereocenters. The standard InChI is InChI=1S/C16H13FO2/c1-18-14-6-2-11(3-7-14)15-8-4-12-10-13(17)5-9-16(12)19-15/h2-10,15H,1H3/t15-/m1/s1. The van der Waals surface area contributed by atoms with Gasteiger partial charge in [0.2, 0.25) is 0 Å². The van der Waals surface area contributed by atoms with E-state index in [2.05, 4.69) is 0 Å². The number of fused-ring (bicyclic) bond motifs is 1. The summed E-state index contributed by atoms with van der Waals surface area (Å²) in [4.78, 5) is 0. The molecule has 1 heterocycles. The summed E-state index contributed by atoms with van der Waals surface area (Å²) in [6.45, 7) is 0. The minimum absolute atomic E-state index is 0.149. The molecule has 0 amide bonds. The fourth-order valence-electron chi connectivity index (χ4n) is 2.10. The highest BCUT2D eigenvalue weighted by molar-refractivity contribution is 5.60. The first kappa shape index (κ1) is 11.8. The normalized spacial score (nSPS) is 16.6. The van der Waals surface area contributed by atoms with Crippen LogP contribution in [0.5, 0.6) is 11.5 Å². The van der Waals surface area contributed by atoms with Crippen molar-refractivity contribution in [2.45, 2.75) is 6.10 Å². The maximum atomic E-state index is 13.1. The van der Waals surface area contributed by atoms with E-state index >= 15 is 0 Å². The quantitative estimate of drug-likeness (QED) is 0.809. The number of methoxy groups -OCH3 is 1. The number of halogens is 1. The average Bonchev–Trinajstić information content (AvgIpc) is 2.47. The van der Waals surface area contributed by atoms with E-state index in [1.807, 2.05) is 36.4 Å². The van der Waals surface area contributed by atoms with Gasteiger partial charge in [-0.05, 0) is 42.0 Å². The molecule has 2 nitrogen and oxygen atoms in total. The van der Waals surface area contributed by atoms with E-state index in [1.165, 1.54) is 12.1 Å². The molecule has 0 aliphatic carbocycles. The van der Waals surface area contributed by atoms with E-state index in [-0.39, 0.29) is 11.9 Å². The number of hydrogen-bond acceptors (Lipinski definition) is 2. The van der Waals surface area contributed by atoms with Crippen molar-refractivity contribution in [3.63, 3.8) is 0 Å². The summed E-state index contributed by atoms with van der Waals surface area (Å²) >= 11 is 0. The minimum atomic E-state index is -0.255. The Balaban J connectivity index is 1.87. The zero-order valence-electron chi connectivity index (χ0n) is 10.5. The van der Waals surface area contributed by atoms with Crippen LogP contribution in [0, 0.1) is 5.82 Å². The number of hydrogen-bond donors (Lipinski definition) is 0. The molecule has 3 heteroatoms. The monoisotopic (exact) mass is 256 g/mol. The lowest BCUT2D eigenvalue weighted by molar-refractivity contribution is 0.251. The first-order valence-electron chi connectivity index (χ1n) is 6.04. The van der Waals surface area contributed by atoms with Gasteiger partial charge in [-0.3, -0.25) is 0 Å². The summed E-state index contributed by atoms with van der Waals surface area (Å²) in [7, 11) is 1.64. The molecule has 0 bridgehead atoms. The maximum Gasteiger partial charge on any atom is 0.142 e. The Bertz CT molecular complexity index is 617. The van der Waals surface area contributed by atoms with Crippen LogP contribution in [0.25, 0.3) is 6.08 Å². The van der Waals surface area contributed by atoms with Gasteiger partial charge in [0.1, 0.15) is 23.4 Å². The van der Waals surface area contributed by atoms with E-state index in [0.717, 1.165) is 16.9 Å². The summed E-state index contributed by atoms with van der Waals surface area (Å²) in [6.07, 6.45) is 3.66. The largest absolute Gasteiger partial charge is 0.497 e. The molecule has 0 fully saturated rings. The summed E-state index contributed by atoms with van der Waals surface area (Å²) in [5, 5.41) is 0. The predicted molar refractivity (Wildman–Crippen MR) is 71.8 cm³/mol. The third-order valence-electron chi connectivity index (χ3n) is 3.12. The van der Waals surface area contributed by atoms with Crippen molar-refractivity contribution in [1.29, 1.82) is 0 Å². The number of benzene rings is 2. The van der Waals surface area contributed by atoms with E-state index in [4.69, 9.17) is 9.47 Å². The zero-order chi connectivity index (χ0) is 13.2. The van der Waals surface area contributed by atoms with Crippen molar-refractivity contribution in [2.75, 3.05) is 7.11 Å². The van der Waals surface area contributed by atoms with Gasteiger partial charge in [0, 0.05) is 5.56 Å². The lowest BCUT2D eigenvalue weighted by atomic mass is 10.0.